The Morgan fingerprint density at radius 2 is 0.388 bits per heavy atom. The molecule has 0 bridgehead atoms. The van der Waals surface area contributed by atoms with Crippen molar-refractivity contribution >= 4 is 22.7 Å². The average molecular weight is 1880 g/mol. The normalized spacial score (nSPS) is 13.6. The number of aromatic hydroxyl groups is 7. The van der Waals surface area contributed by atoms with Crippen molar-refractivity contribution in [1.29, 1.82) is 0 Å². The third-order valence-corrected chi connectivity index (χ3v) is 28.3. The van der Waals surface area contributed by atoms with Crippen LogP contribution in [0.4, 0.5) is 22.7 Å². The van der Waals surface area contributed by atoms with Crippen LogP contribution in [0.15, 0.2) is 158 Å². The van der Waals surface area contributed by atoms with Crippen molar-refractivity contribution in [3.63, 3.8) is 0 Å². The molecule has 0 aliphatic carbocycles. The Morgan fingerprint density at radius 3 is 0.676 bits per heavy atom. The molecule has 0 radical (unpaired) electrons. The van der Waals surface area contributed by atoms with E-state index in [1.54, 1.807) is 0 Å². The zero-order valence-corrected chi connectivity index (χ0v) is 93.7. The van der Waals surface area contributed by atoms with Crippen molar-refractivity contribution < 1.29 is 35.7 Å². The van der Waals surface area contributed by atoms with Gasteiger partial charge < -0.3 is 46.4 Å². The molecule has 0 spiro atoms. The van der Waals surface area contributed by atoms with Crippen LogP contribution >= 0.6 is 0 Å². The quantitative estimate of drug-likeness (QED) is 0.0361. The first-order chi connectivity index (χ1) is 63.1. The molecule has 11 aromatic carbocycles. The van der Waals surface area contributed by atoms with Crippen LogP contribution in [0.5, 0.6) is 40.2 Å². The van der Waals surface area contributed by atoms with E-state index in [0.29, 0.717) is 85.2 Å². The van der Waals surface area contributed by atoms with Crippen molar-refractivity contribution in [3.05, 3.63) is 319 Å². The van der Waals surface area contributed by atoms with Crippen LogP contribution in [-0.2, 0) is 121 Å². The third kappa shape index (κ3) is 25.4. The molecular weight excluding hydrogens is 1700 g/mol. The van der Waals surface area contributed by atoms with E-state index in [2.05, 4.69) is 459 Å². The predicted octanol–water partition coefficient (Wildman–Crippen LogP) is 34.2. The summed E-state index contributed by atoms with van der Waals surface area (Å²) in [5.41, 5.74) is 26.8. The zero-order valence-electron chi connectivity index (χ0n) is 93.7. The van der Waals surface area contributed by atoms with Gasteiger partial charge >= 0.3 is 0 Å². The first kappa shape index (κ1) is 109. The van der Waals surface area contributed by atoms with Gasteiger partial charge in [0.25, 0.3) is 0 Å². The summed E-state index contributed by atoms with van der Waals surface area (Å²) < 4.78 is 0. The predicted molar refractivity (Wildman–Crippen MR) is 593 cm³/mol. The van der Waals surface area contributed by atoms with E-state index in [1.807, 2.05) is 0 Å². The molecule has 11 aromatic rings. The number of hydrogen-bond acceptors (Lipinski definition) is 9. The van der Waals surface area contributed by atoms with Gasteiger partial charge in [-0.3, -0.25) is 0 Å². The van der Waals surface area contributed by atoms with Gasteiger partial charge in [-0.2, -0.15) is 0 Å². The van der Waals surface area contributed by atoms with Crippen LogP contribution < -0.4 is 10.6 Å². The summed E-state index contributed by atoms with van der Waals surface area (Å²) in [5, 5.41) is 95.8. The Hall–Kier alpha value is -10.4. The number of hydrogen-bond donors (Lipinski definition) is 9. The van der Waals surface area contributed by atoms with Gasteiger partial charge in [0.1, 0.15) is 40.2 Å². The minimum absolute atomic E-state index is 0.308. The van der Waals surface area contributed by atoms with Crippen LogP contribution in [0.1, 0.15) is 458 Å². The molecule has 1 unspecified atom stereocenters. The zero-order chi connectivity index (χ0) is 104. The van der Waals surface area contributed by atoms with Crippen molar-refractivity contribution in [3.8, 4) is 40.2 Å². The summed E-state index contributed by atoms with van der Waals surface area (Å²) in [5.74, 6) is 1.99. The standard InChI is InChI=1S/C130H176N2O7/c1-117(2,3)93-60-79(61-94(110(93)133)118(4,5)6)51-76-43-47-91(48-44-76)131-109-89(58-83-68-101(125(25,26)27)114(137)102(69-83)126(28,29)30)56-78(53-81-64-97(121(13,14)15)112(135)98(65-81)122(16,17)18)57-90(109)73-88-72-85(92(86-74-105(129(37,38)39)116(139)106(75-86)130(40,41)42)59-84-70-103(127(31,32)33)115(138)104(71-84)128(34,35)36)46-50-108(88)132-107-49-45-77(52-80-62-95(119(7,8)9)111(134)96(63-80)120(10,11)12)54-87(107)55-82-66-99(123(19,20)21)113(136)100(67-82)124(22,23)24/h43-50,54,56-57,60-72,74-75,92,131-139H,51-53,55,58-59,73H2,1-42H3. The Balaban J connectivity index is 1.30. The SMILES string of the molecule is CC(C)(C)c1cc(Cc2ccc(Nc3c(Cc4cc(C(C)(C)C)c(O)c(C(C)(C)C)c4)cc(Cc4cc(C(C)(C)C)c(O)c(C(C)(C)C)c4)cc3Cc3cc(C(Cc4cc(C(C)(C)C)c(O)c(C(C)(C)C)c4)c4cc(C(C)(C)C)c(O)c(C(C)(C)C)c4)ccc3Nc3ccc(Cc4cc(C(C)(C)C)c(O)c(C(C)(C)C)c4)cc3Cc3cc(C(C)(C)C)c(O)c(C(C)(C)C)c3)cc2)cc(C(C)(C)C)c1O. The highest BCUT2D eigenvalue weighted by molar-refractivity contribution is 5.75. The fourth-order valence-electron chi connectivity index (χ4n) is 20.2. The van der Waals surface area contributed by atoms with Crippen LogP contribution in [-0.4, -0.2) is 35.7 Å². The van der Waals surface area contributed by atoms with Gasteiger partial charge in [0.15, 0.2) is 0 Å². The second-order valence-corrected chi connectivity index (χ2v) is 55.7. The van der Waals surface area contributed by atoms with Crippen molar-refractivity contribution in [1.82, 2.24) is 0 Å². The summed E-state index contributed by atoms with van der Waals surface area (Å²) in [7, 11) is 0. The minimum Gasteiger partial charge on any atom is -0.507 e. The van der Waals surface area contributed by atoms with E-state index in [4.69, 9.17) is 0 Å². The number of nitrogens with one attached hydrogen (secondary N) is 2. The van der Waals surface area contributed by atoms with Gasteiger partial charge in [-0.1, -0.05) is 424 Å². The number of anilines is 4. The Labute approximate surface area is 840 Å². The van der Waals surface area contributed by atoms with Crippen molar-refractivity contribution in [2.24, 2.45) is 0 Å². The molecule has 0 saturated heterocycles. The van der Waals surface area contributed by atoms with E-state index < -0.39 is 54.1 Å². The highest BCUT2D eigenvalue weighted by atomic mass is 16.3. The molecule has 748 valence electrons. The van der Waals surface area contributed by atoms with Crippen LogP contribution in [0.2, 0.25) is 0 Å². The molecule has 139 heavy (non-hydrogen) atoms. The van der Waals surface area contributed by atoms with Crippen LogP contribution in [0, 0.1) is 0 Å². The lowest BCUT2D eigenvalue weighted by Gasteiger charge is -2.31. The monoisotopic (exact) mass is 1880 g/mol. The van der Waals surface area contributed by atoms with Gasteiger partial charge in [-0.15, -0.1) is 0 Å². The van der Waals surface area contributed by atoms with Crippen LogP contribution in [0.3, 0.4) is 0 Å². The van der Waals surface area contributed by atoms with Crippen molar-refractivity contribution in [2.45, 2.75) is 417 Å². The van der Waals surface area contributed by atoms with E-state index in [-0.39, 0.29) is 27.6 Å². The summed E-state index contributed by atoms with van der Waals surface area (Å²) >= 11 is 0. The Kier molecular flexibility index (Phi) is 29.9. The fraction of sp³-hybridized carbons (Fsp3) is 0.492. The van der Waals surface area contributed by atoms with Gasteiger partial charge in [0.05, 0.1) is 0 Å². The molecule has 0 aliphatic rings. The summed E-state index contributed by atoms with van der Waals surface area (Å²) in [6, 6.07) is 59.0. The lowest BCUT2D eigenvalue weighted by molar-refractivity contribution is 0.421. The van der Waals surface area contributed by atoms with E-state index >= 15 is 0 Å². The summed E-state index contributed by atoms with van der Waals surface area (Å²) in [6.07, 6.45) is 3.71. The third-order valence-electron chi connectivity index (χ3n) is 28.3. The molecule has 0 saturated carbocycles. The van der Waals surface area contributed by atoms with Gasteiger partial charge in [0, 0.05) is 35.1 Å². The molecular formula is C130H176N2O7. The molecule has 0 aromatic heterocycles. The largest absolute Gasteiger partial charge is 0.507 e. The molecule has 1 atom stereocenters. The summed E-state index contributed by atoms with van der Waals surface area (Å²) in [4.78, 5) is 0. The minimum atomic E-state index is -0.469. The van der Waals surface area contributed by atoms with E-state index in [1.165, 1.54) is 0 Å². The van der Waals surface area contributed by atoms with Gasteiger partial charge in [0.2, 0.25) is 0 Å². The Bertz CT molecular complexity index is 6150. The maximum absolute atomic E-state index is 12.8. The molecule has 9 heteroatoms. The first-order valence-corrected chi connectivity index (χ1v) is 51.2. The van der Waals surface area contributed by atoms with Crippen molar-refractivity contribution in [2.75, 3.05) is 10.6 Å². The lowest BCUT2D eigenvalue weighted by Crippen LogP contribution is -2.20. The molecule has 0 aliphatic heterocycles. The second-order valence-electron chi connectivity index (χ2n) is 55.7. The highest BCUT2D eigenvalue weighted by Gasteiger charge is 2.38. The molecule has 0 fully saturated rings. The maximum Gasteiger partial charge on any atom is 0.123 e. The topological polar surface area (TPSA) is 166 Å². The summed E-state index contributed by atoms with van der Waals surface area (Å²) in [6.45, 7) is 91.7. The van der Waals surface area contributed by atoms with E-state index in [9.17, 15) is 35.7 Å². The molecule has 9 nitrogen and oxygen atoms in total. The number of rotatable bonds is 20. The molecule has 11 rings (SSSR count). The number of benzene rings is 11. The van der Waals surface area contributed by atoms with Crippen LogP contribution in [0.25, 0.3) is 0 Å². The van der Waals surface area contributed by atoms with Gasteiger partial charge in [-0.05, 0) is 300 Å². The second kappa shape index (κ2) is 38.1. The fourth-order valence-corrected chi connectivity index (χ4v) is 20.2. The number of phenolic OH excluding ortho intramolecular Hbond substituents is 7. The molecule has 9 N–H and O–H groups in total. The average Bonchev–Trinajstić information content (AvgIpc) is 0.760. The first-order valence-electron chi connectivity index (χ1n) is 51.2. The number of phenols is 7. The Morgan fingerprint density at radius 1 is 0.180 bits per heavy atom. The smallest absolute Gasteiger partial charge is 0.123 e. The maximum atomic E-state index is 12.8. The molecule has 0 heterocycles. The lowest BCUT2D eigenvalue weighted by atomic mass is 9.74. The van der Waals surface area contributed by atoms with Gasteiger partial charge in [-0.25, -0.2) is 0 Å². The highest BCUT2D eigenvalue weighted by Crippen LogP contribution is 2.52. The van der Waals surface area contributed by atoms with E-state index in [0.717, 1.165) is 184 Å². The molecule has 0 amide bonds.